The van der Waals surface area contributed by atoms with Gasteiger partial charge in [-0.15, -0.1) is 0 Å². The zero-order chi connectivity index (χ0) is 23.1. The van der Waals surface area contributed by atoms with Gasteiger partial charge in [0.2, 0.25) is 0 Å². The van der Waals surface area contributed by atoms with Gasteiger partial charge in [0.15, 0.2) is 17.5 Å². The molecule has 7 heteroatoms. The second-order valence-corrected chi connectivity index (χ2v) is 8.34. The maximum absolute atomic E-state index is 5.58. The maximum atomic E-state index is 5.58. The number of methoxy groups -OCH3 is 3. The highest BCUT2D eigenvalue weighted by molar-refractivity contribution is 5.79. The molecular weight excluding hydrogens is 406 g/mol. The average Bonchev–Trinajstić information content (AvgIpc) is 2.84. The molecule has 7 nitrogen and oxygen atoms in total. The molecule has 1 fully saturated rings. The van der Waals surface area contributed by atoms with Crippen molar-refractivity contribution < 1.29 is 18.9 Å². The third kappa shape index (κ3) is 8.17. The van der Waals surface area contributed by atoms with Crippen molar-refractivity contribution in [1.29, 1.82) is 0 Å². The fourth-order valence-electron chi connectivity index (χ4n) is 4.29. The van der Waals surface area contributed by atoms with Gasteiger partial charge in [0.05, 0.1) is 34.0 Å². The standard InChI is InChI=1S/C25H43N3O4/c1-5-26-24(27-15-9-10-16-32-18-17-29-2)28-20-25(13-7-6-8-14-25)21-11-12-22(30-3)23(19-21)31-4/h11-12,19H,5-10,13-18,20H2,1-4H3,(H2,26,27,28). The maximum Gasteiger partial charge on any atom is 0.191 e. The van der Waals surface area contributed by atoms with E-state index in [9.17, 15) is 0 Å². The minimum Gasteiger partial charge on any atom is -0.493 e. The minimum atomic E-state index is 0.0370. The first-order valence-corrected chi connectivity index (χ1v) is 12.0. The van der Waals surface area contributed by atoms with Gasteiger partial charge in [0.25, 0.3) is 0 Å². The summed E-state index contributed by atoms with van der Waals surface area (Å²) in [6, 6.07) is 6.35. The molecule has 0 amide bonds. The number of benzene rings is 1. The van der Waals surface area contributed by atoms with Crippen molar-refractivity contribution in [3.05, 3.63) is 23.8 Å². The molecule has 1 aliphatic carbocycles. The number of nitrogens with zero attached hydrogens (tertiary/aromatic N) is 1. The molecule has 0 spiro atoms. The molecule has 0 heterocycles. The molecule has 1 aromatic carbocycles. The number of rotatable bonds is 14. The molecular formula is C25H43N3O4. The highest BCUT2D eigenvalue weighted by Crippen LogP contribution is 2.42. The van der Waals surface area contributed by atoms with Gasteiger partial charge in [-0.05, 0) is 50.3 Å². The number of unbranched alkanes of at least 4 members (excludes halogenated alkanes) is 1. The quantitative estimate of drug-likeness (QED) is 0.255. The average molecular weight is 450 g/mol. The van der Waals surface area contributed by atoms with E-state index in [-0.39, 0.29) is 5.41 Å². The molecule has 1 aliphatic rings. The molecule has 1 saturated carbocycles. The van der Waals surface area contributed by atoms with Crippen LogP contribution in [0.5, 0.6) is 11.5 Å². The third-order valence-corrected chi connectivity index (χ3v) is 6.13. The number of nitrogens with one attached hydrogen (secondary N) is 2. The first-order valence-electron chi connectivity index (χ1n) is 12.0. The van der Waals surface area contributed by atoms with Gasteiger partial charge >= 0.3 is 0 Å². The van der Waals surface area contributed by atoms with Crippen molar-refractivity contribution in [3.8, 4) is 11.5 Å². The predicted octanol–water partition coefficient (Wildman–Crippen LogP) is 3.90. The van der Waals surface area contributed by atoms with Gasteiger partial charge in [-0.25, -0.2) is 0 Å². The Kier molecular flexibility index (Phi) is 12.3. The molecule has 182 valence electrons. The SMILES string of the molecule is CCNC(=NCC1(c2ccc(OC)c(OC)c2)CCCCC1)NCCCCOCCOC. The minimum absolute atomic E-state index is 0.0370. The van der Waals surface area contributed by atoms with Crippen molar-refractivity contribution >= 4 is 5.96 Å². The summed E-state index contributed by atoms with van der Waals surface area (Å²) in [7, 11) is 5.07. The van der Waals surface area contributed by atoms with E-state index >= 15 is 0 Å². The monoisotopic (exact) mass is 449 g/mol. The van der Waals surface area contributed by atoms with E-state index in [1.54, 1.807) is 21.3 Å². The molecule has 0 atom stereocenters. The number of hydrogen-bond acceptors (Lipinski definition) is 5. The Balaban J connectivity index is 2.01. The molecule has 0 bridgehead atoms. The third-order valence-electron chi connectivity index (χ3n) is 6.13. The van der Waals surface area contributed by atoms with E-state index < -0.39 is 0 Å². The van der Waals surface area contributed by atoms with Gasteiger partial charge in [-0.2, -0.15) is 0 Å². The first-order chi connectivity index (χ1) is 15.7. The summed E-state index contributed by atoms with van der Waals surface area (Å²) in [4.78, 5) is 5.02. The van der Waals surface area contributed by atoms with Crippen LogP contribution in [-0.2, 0) is 14.9 Å². The molecule has 2 N–H and O–H groups in total. The molecule has 0 aliphatic heterocycles. The zero-order valence-corrected chi connectivity index (χ0v) is 20.5. The lowest BCUT2D eigenvalue weighted by Crippen LogP contribution is -2.40. The molecule has 32 heavy (non-hydrogen) atoms. The molecule has 0 radical (unpaired) electrons. The molecule has 0 unspecified atom stereocenters. The second kappa shape index (κ2) is 15.0. The lowest BCUT2D eigenvalue weighted by atomic mass is 9.69. The van der Waals surface area contributed by atoms with Crippen molar-refractivity contribution in [2.24, 2.45) is 4.99 Å². The summed E-state index contributed by atoms with van der Waals surface area (Å²) in [5.41, 5.74) is 1.33. The van der Waals surface area contributed by atoms with E-state index in [4.69, 9.17) is 23.9 Å². The van der Waals surface area contributed by atoms with Crippen LogP contribution in [0.15, 0.2) is 23.2 Å². The Labute approximate surface area is 194 Å². The largest absolute Gasteiger partial charge is 0.493 e. The Morgan fingerprint density at radius 2 is 1.72 bits per heavy atom. The number of aliphatic imine (C=N–C) groups is 1. The van der Waals surface area contributed by atoms with Gasteiger partial charge in [-0.3, -0.25) is 4.99 Å². The lowest BCUT2D eigenvalue weighted by molar-refractivity contribution is 0.0689. The normalized spacial score (nSPS) is 15.9. The van der Waals surface area contributed by atoms with Crippen LogP contribution >= 0.6 is 0 Å². The van der Waals surface area contributed by atoms with Crippen molar-refractivity contribution in [1.82, 2.24) is 10.6 Å². The summed E-state index contributed by atoms with van der Waals surface area (Å²) >= 11 is 0. The zero-order valence-electron chi connectivity index (χ0n) is 20.5. The summed E-state index contributed by atoms with van der Waals surface area (Å²) in [5.74, 6) is 2.45. The van der Waals surface area contributed by atoms with E-state index in [1.165, 1.54) is 24.8 Å². The Morgan fingerprint density at radius 3 is 2.41 bits per heavy atom. The summed E-state index contributed by atoms with van der Waals surface area (Å²) in [6.45, 7) is 6.66. The Hall–Kier alpha value is -1.99. The van der Waals surface area contributed by atoms with Gasteiger partial charge in [0.1, 0.15) is 0 Å². The topological polar surface area (TPSA) is 73.3 Å². The fourth-order valence-corrected chi connectivity index (χ4v) is 4.29. The highest BCUT2D eigenvalue weighted by atomic mass is 16.5. The fraction of sp³-hybridized carbons (Fsp3) is 0.720. The molecule has 1 aromatic rings. The van der Waals surface area contributed by atoms with Gasteiger partial charge in [-0.1, -0.05) is 25.3 Å². The van der Waals surface area contributed by atoms with Crippen LogP contribution in [0.25, 0.3) is 0 Å². The van der Waals surface area contributed by atoms with Crippen LogP contribution in [-0.4, -0.2) is 66.7 Å². The molecule has 2 rings (SSSR count). The Morgan fingerprint density at radius 1 is 0.938 bits per heavy atom. The van der Waals surface area contributed by atoms with E-state index in [0.717, 1.165) is 69.4 Å². The van der Waals surface area contributed by atoms with Crippen molar-refractivity contribution in [3.63, 3.8) is 0 Å². The van der Waals surface area contributed by atoms with Crippen molar-refractivity contribution in [2.45, 2.75) is 57.3 Å². The number of hydrogen-bond donors (Lipinski definition) is 2. The van der Waals surface area contributed by atoms with E-state index in [1.807, 2.05) is 6.07 Å². The van der Waals surface area contributed by atoms with Crippen LogP contribution in [0.2, 0.25) is 0 Å². The van der Waals surface area contributed by atoms with Crippen LogP contribution in [0.3, 0.4) is 0 Å². The lowest BCUT2D eigenvalue weighted by Gasteiger charge is -2.37. The summed E-state index contributed by atoms with van der Waals surface area (Å²) in [6.07, 6.45) is 8.11. The van der Waals surface area contributed by atoms with Gasteiger partial charge < -0.3 is 29.6 Å². The first kappa shape index (κ1) is 26.3. The van der Waals surface area contributed by atoms with E-state index in [2.05, 4.69) is 29.7 Å². The van der Waals surface area contributed by atoms with Crippen molar-refractivity contribution in [2.75, 3.05) is 60.8 Å². The van der Waals surface area contributed by atoms with E-state index in [0.29, 0.717) is 13.2 Å². The predicted molar refractivity (Wildman–Crippen MR) is 130 cm³/mol. The van der Waals surface area contributed by atoms with Crippen LogP contribution in [0.1, 0.15) is 57.4 Å². The van der Waals surface area contributed by atoms with Crippen LogP contribution in [0, 0.1) is 0 Å². The Bertz CT molecular complexity index is 675. The molecule has 0 aromatic heterocycles. The number of guanidine groups is 1. The highest BCUT2D eigenvalue weighted by Gasteiger charge is 2.34. The molecule has 0 saturated heterocycles. The van der Waals surface area contributed by atoms with Crippen LogP contribution in [0.4, 0.5) is 0 Å². The summed E-state index contributed by atoms with van der Waals surface area (Å²) < 4.78 is 21.6. The second-order valence-electron chi connectivity index (χ2n) is 8.34. The number of ether oxygens (including phenoxy) is 4. The smallest absolute Gasteiger partial charge is 0.191 e. The van der Waals surface area contributed by atoms with Crippen LogP contribution < -0.4 is 20.1 Å². The van der Waals surface area contributed by atoms with Gasteiger partial charge in [0, 0.05) is 32.2 Å². The summed E-state index contributed by atoms with van der Waals surface area (Å²) in [5, 5.41) is 6.88.